The summed E-state index contributed by atoms with van der Waals surface area (Å²) in [6, 6.07) is 15.6. The molecule has 0 saturated carbocycles. The first-order chi connectivity index (χ1) is 16.1. The Morgan fingerprint density at radius 2 is 1.64 bits per heavy atom. The minimum absolute atomic E-state index is 0.0591. The maximum Gasteiger partial charge on any atom is 0.317 e. The van der Waals surface area contributed by atoms with E-state index in [0.29, 0.717) is 19.1 Å². The van der Waals surface area contributed by atoms with Crippen molar-refractivity contribution in [3.8, 4) is 16.9 Å². The van der Waals surface area contributed by atoms with Crippen LogP contribution in [0, 0.1) is 0 Å². The Balaban J connectivity index is 1.50. The summed E-state index contributed by atoms with van der Waals surface area (Å²) in [4.78, 5) is 21.7. The smallest absolute Gasteiger partial charge is 0.317 e. The highest BCUT2D eigenvalue weighted by atomic mass is 16.5. The second-order valence-corrected chi connectivity index (χ2v) is 7.51. The number of rotatable bonds is 13. The molecule has 0 fully saturated rings. The summed E-state index contributed by atoms with van der Waals surface area (Å²) in [5.74, 6) is 0.488. The zero-order valence-electron chi connectivity index (χ0n) is 19.1. The van der Waals surface area contributed by atoms with Gasteiger partial charge in [-0.2, -0.15) is 0 Å². The molecule has 8 nitrogen and oxygen atoms in total. The van der Waals surface area contributed by atoms with Crippen molar-refractivity contribution in [2.45, 2.75) is 20.4 Å². The number of anilines is 2. The molecule has 0 unspecified atom stereocenters. The minimum Gasteiger partial charge on any atom is -0.492 e. The van der Waals surface area contributed by atoms with E-state index in [1.807, 2.05) is 48.5 Å². The van der Waals surface area contributed by atoms with Crippen molar-refractivity contribution < 1.29 is 14.6 Å². The van der Waals surface area contributed by atoms with E-state index in [2.05, 4.69) is 39.3 Å². The number of likely N-dealkylation sites (N-methyl/N-ethyl adjacent to an activating group) is 1. The van der Waals surface area contributed by atoms with Crippen molar-refractivity contribution in [3.05, 3.63) is 66.5 Å². The van der Waals surface area contributed by atoms with Crippen LogP contribution in [-0.4, -0.2) is 58.7 Å². The summed E-state index contributed by atoms with van der Waals surface area (Å²) in [7, 11) is 0. The van der Waals surface area contributed by atoms with Gasteiger partial charge < -0.3 is 25.4 Å². The SMILES string of the molecule is CCN(CC)CCOc1ccc(Nc2ncc(-c3ccc(CNCC(=O)O)cc3)cn2)cc1. The summed E-state index contributed by atoms with van der Waals surface area (Å²) in [5.41, 5.74) is 3.80. The number of nitrogens with one attached hydrogen (secondary N) is 2. The lowest BCUT2D eigenvalue weighted by molar-refractivity contribution is -0.136. The van der Waals surface area contributed by atoms with E-state index in [0.717, 1.165) is 47.8 Å². The molecule has 3 rings (SSSR count). The minimum atomic E-state index is -0.868. The van der Waals surface area contributed by atoms with E-state index in [-0.39, 0.29) is 6.54 Å². The molecule has 1 heterocycles. The van der Waals surface area contributed by atoms with E-state index in [9.17, 15) is 4.79 Å². The maximum absolute atomic E-state index is 10.6. The topological polar surface area (TPSA) is 99.6 Å². The van der Waals surface area contributed by atoms with Gasteiger partial charge in [0.25, 0.3) is 0 Å². The van der Waals surface area contributed by atoms with Crippen LogP contribution in [0.2, 0.25) is 0 Å². The van der Waals surface area contributed by atoms with Gasteiger partial charge in [-0.3, -0.25) is 4.79 Å². The molecule has 2 aromatic carbocycles. The first-order valence-electron chi connectivity index (χ1n) is 11.1. The van der Waals surface area contributed by atoms with Gasteiger partial charge in [-0.05, 0) is 48.5 Å². The number of carboxylic acids is 1. The Kier molecular flexibility index (Phi) is 9.17. The lowest BCUT2D eigenvalue weighted by atomic mass is 10.1. The predicted molar refractivity (Wildman–Crippen MR) is 130 cm³/mol. The first kappa shape index (κ1) is 24.2. The van der Waals surface area contributed by atoms with Crippen LogP contribution in [0.25, 0.3) is 11.1 Å². The van der Waals surface area contributed by atoms with Crippen molar-refractivity contribution >= 4 is 17.6 Å². The highest BCUT2D eigenvalue weighted by molar-refractivity contribution is 5.69. The van der Waals surface area contributed by atoms with Crippen molar-refractivity contribution in [1.82, 2.24) is 20.2 Å². The van der Waals surface area contributed by atoms with Gasteiger partial charge in [-0.1, -0.05) is 38.1 Å². The van der Waals surface area contributed by atoms with Crippen LogP contribution in [0.15, 0.2) is 60.9 Å². The number of benzene rings is 2. The van der Waals surface area contributed by atoms with Crippen LogP contribution in [0.3, 0.4) is 0 Å². The van der Waals surface area contributed by atoms with E-state index in [1.165, 1.54) is 0 Å². The largest absolute Gasteiger partial charge is 0.492 e. The standard InChI is InChI=1S/C25H31N5O3/c1-3-30(4-2)13-14-33-23-11-9-22(10-12-23)29-25-27-16-21(17-28-25)20-7-5-19(6-8-20)15-26-18-24(31)32/h5-12,16-17,26H,3-4,13-15,18H2,1-2H3,(H,31,32)(H,27,28,29). The highest BCUT2D eigenvalue weighted by Gasteiger charge is 2.04. The number of aliphatic carboxylic acids is 1. The fraction of sp³-hybridized carbons (Fsp3) is 0.320. The Morgan fingerprint density at radius 1 is 0.970 bits per heavy atom. The molecule has 8 heteroatoms. The van der Waals surface area contributed by atoms with Crippen LogP contribution in [-0.2, 0) is 11.3 Å². The molecule has 0 amide bonds. The number of carboxylic acid groups (broad SMARTS) is 1. The Bertz CT molecular complexity index is 988. The summed E-state index contributed by atoms with van der Waals surface area (Å²) < 4.78 is 5.82. The third-order valence-electron chi connectivity index (χ3n) is 5.23. The van der Waals surface area contributed by atoms with Crippen LogP contribution in [0.4, 0.5) is 11.6 Å². The highest BCUT2D eigenvalue weighted by Crippen LogP contribution is 2.21. The number of nitrogens with zero attached hydrogens (tertiary/aromatic N) is 3. The number of aromatic nitrogens is 2. The average molecular weight is 450 g/mol. The van der Waals surface area contributed by atoms with Crippen LogP contribution >= 0.6 is 0 Å². The van der Waals surface area contributed by atoms with Gasteiger partial charge in [-0.15, -0.1) is 0 Å². The normalized spacial score (nSPS) is 10.9. The zero-order chi connectivity index (χ0) is 23.5. The second-order valence-electron chi connectivity index (χ2n) is 7.51. The summed E-state index contributed by atoms with van der Waals surface area (Å²) in [6.45, 7) is 8.38. The molecule has 0 bridgehead atoms. The lowest BCUT2D eigenvalue weighted by Gasteiger charge is -2.18. The summed E-state index contributed by atoms with van der Waals surface area (Å²) in [5, 5.41) is 14.8. The van der Waals surface area contributed by atoms with Crippen LogP contribution < -0.4 is 15.4 Å². The van der Waals surface area contributed by atoms with Gasteiger partial charge in [0.1, 0.15) is 12.4 Å². The molecule has 1 aromatic heterocycles. The quantitative estimate of drug-likeness (QED) is 0.363. The second kappa shape index (κ2) is 12.5. The van der Waals surface area contributed by atoms with Crippen molar-refractivity contribution in [1.29, 1.82) is 0 Å². The number of hydrogen-bond donors (Lipinski definition) is 3. The van der Waals surface area contributed by atoms with E-state index in [4.69, 9.17) is 9.84 Å². The first-order valence-corrected chi connectivity index (χ1v) is 11.1. The van der Waals surface area contributed by atoms with Crippen molar-refractivity contribution in [2.75, 3.05) is 38.1 Å². The molecule has 0 radical (unpaired) electrons. The molecule has 0 saturated heterocycles. The van der Waals surface area contributed by atoms with Crippen LogP contribution in [0.1, 0.15) is 19.4 Å². The van der Waals surface area contributed by atoms with Crippen molar-refractivity contribution in [3.63, 3.8) is 0 Å². The molecule has 33 heavy (non-hydrogen) atoms. The molecular weight excluding hydrogens is 418 g/mol. The Labute approximate surface area is 194 Å². The van der Waals surface area contributed by atoms with Crippen LogP contribution in [0.5, 0.6) is 5.75 Å². The monoisotopic (exact) mass is 449 g/mol. The van der Waals surface area contributed by atoms with Gasteiger partial charge >= 0.3 is 5.97 Å². The Morgan fingerprint density at radius 3 is 2.24 bits per heavy atom. The summed E-state index contributed by atoms with van der Waals surface area (Å²) in [6.07, 6.45) is 3.55. The number of ether oxygens (including phenoxy) is 1. The molecular formula is C25H31N5O3. The van der Waals surface area contributed by atoms with E-state index < -0.39 is 5.97 Å². The van der Waals surface area contributed by atoms with Gasteiger partial charge in [0.2, 0.25) is 5.95 Å². The van der Waals surface area contributed by atoms with Gasteiger partial charge in [0.15, 0.2) is 0 Å². The number of carbonyl (C=O) groups is 1. The zero-order valence-corrected chi connectivity index (χ0v) is 19.1. The molecule has 3 N–H and O–H groups in total. The fourth-order valence-corrected chi connectivity index (χ4v) is 3.27. The van der Waals surface area contributed by atoms with Gasteiger partial charge in [0, 0.05) is 36.7 Å². The third-order valence-corrected chi connectivity index (χ3v) is 5.23. The number of hydrogen-bond acceptors (Lipinski definition) is 7. The Hall–Kier alpha value is -3.49. The summed E-state index contributed by atoms with van der Waals surface area (Å²) >= 11 is 0. The fourth-order valence-electron chi connectivity index (χ4n) is 3.27. The predicted octanol–water partition coefficient (Wildman–Crippen LogP) is 3.78. The molecule has 0 aliphatic carbocycles. The molecule has 174 valence electrons. The maximum atomic E-state index is 10.6. The van der Waals surface area contributed by atoms with E-state index >= 15 is 0 Å². The third kappa shape index (κ3) is 7.85. The lowest BCUT2D eigenvalue weighted by Crippen LogP contribution is -2.27. The van der Waals surface area contributed by atoms with E-state index in [1.54, 1.807) is 12.4 Å². The molecule has 3 aromatic rings. The molecule has 0 aliphatic heterocycles. The van der Waals surface area contributed by atoms with Gasteiger partial charge in [-0.25, -0.2) is 9.97 Å². The molecule has 0 aliphatic rings. The molecule has 0 spiro atoms. The van der Waals surface area contributed by atoms with Gasteiger partial charge in [0.05, 0.1) is 6.54 Å². The van der Waals surface area contributed by atoms with Crippen molar-refractivity contribution in [2.24, 2.45) is 0 Å². The average Bonchev–Trinajstić information content (AvgIpc) is 2.84. The molecule has 0 atom stereocenters.